The molecule has 0 aromatic rings. The van der Waals surface area contributed by atoms with E-state index in [1.165, 1.54) is 0 Å². The van der Waals surface area contributed by atoms with Gasteiger partial charge in [0.15, 0.2) is 0 Å². The third-order valence-corrected chi connectivity index (χ3v) is 3.40. The number of hydrogen-bond acceptors (Lipinski definition) is 3. The van der Waals surface area contributed by atoms with Crippen molar-refractivity contribution in [3.8, 4) is 0 Å². The Morgan fingerprint density at radius 1 is 1.38 bits per heavy atom. The highest BCUT2D eigenvalue weighted by molar-refractivity contribution is 7.87. The molecule has 0 bridgehead atoms. The van der Waals surface area contributed by atoms with Crippen molar-refractivity contribution >= 4 is 10.2 Å². The zero-order valence-electron chi connectivity index (χ0n) is 7.71. The van der Waals surface area contributed by atoms with E-state index in [9.17, 15) is 13.5 Å². The summed E-state index contributed by atoms with van der Waals surface area (Å²) in [6.45, 7) is 2.17. The van der Waals surface area contributed by atoms with Gasteiger partial charge in [-0.25, -0.2) is 4.72 Å². The second-order valence-electron chi connectivity index (χ2n) is 3.40. The summed E-state index contributed by atoms with van der Waals surface area (Å²) < 4.78 is 26.8. The van der Waals surface area contributed by atoms with Crippen LogP contribution in [0.15, 0.2) is 0 Å². The van der Waals surface area contributed by atoms with Crippen molar-refractivity contribution in [3.63, 3.8) is 0 Å². The Balaban J connectivity index is 2.33. The van der Waals surface area contributed by atoms with E-state index in [1.807, 2.05) is 0 Å². The molecule has 0 radical (unpaired) electrons. The predicted octanol–water partition coefficient (Wildman–Crippen LogP) is -0.655. The molecular formula is C7H16N2O3S. The molecule has 78 valence electrons. The van der Waals surface area contributed by atoms with Crippen LogP contribution in [0, 0.1) is 0 Å². The van der Waals surface area contributed by atoms with Crippen molar-refractivity contribution in [3.05, 3.63) is 0 Å². The highest BCUT2D eigenvalue weighted by atomic mass is 32.2. The van der Waals surface area contributed by atoms with E-state index in [1.54, 1.807) is 6.92 Å². The predicted molar refractivity (Wildman–Crippen MR) is 49.4 cm³/mol. The minimum atomic E-state index is -3.40. The Kier molecular flexibility index (Phi) is 3.28. The molecule has 1 aliphatic rings. The number of nitrogens with one attached hydrogen (secondary N) is 2. The lowest BCUT2D eigenvalue weighted by Crippen LogP contribution is -2.50. The molecule has 0 saturated heterocycles. The first-order valence-electron chi connectivity index (χ1n) is 4.44. The van der Waals surface area contributed by atoms with Crippen molar-refractivity contribution in [1.82, 2.24) is 9.44 Å². The van der Waals surface area contributed by atoms with Crippen LogP contribution < -0.4 is 9.44 Å². The highest BCUT2D eigenvalue weighted by Crippen LogP contribution is 2.30. The summed E-state index contributed by atoms with van der Waals surface area (Å²) in [4.78, 5) is 0. The fraction of sp³-hybridized carbons (Fsp3) is 1.00. The molecular weight excluding hydrogens is 192 g/mol. The topological polar surface area (TPSA) is 78.4 Å². The molecule has 0 aromatic heterocycles. The monoisotopic (exact) mass is 208 g/mol. The van der Waals surface area contributed by atoms with Crippen LogP contribution in [0.25, 0.3) is 0 Å². The van der Waals surface area contributed by atoms with Crippen LogP contribution in [0.2, 0.25) is 0 Å². The van der Waals surface area contributed by atoms with Crippen molar-refractivity contribution < 1.29 is 13.5 Å². The molecule has 1 aliphatic carbocycles. The molecule has 1 saturated carbocycles. The van der Waals surface area contributed by atoms with Gasteiger partial charge < -0.3 is 5.11 Å². The van der Waals surface area contributed by atoms with Crippen LogP contribution >= 0.6 is 0 Å². The van der Waals surface area contributed by atoms with Crippen molar-refractivity contribution in [2.24, 2.45) is 0 Å². The fourth-order valence-electron chi connectivity index (χ4n) is 1.23. The van der Waals surface area contributed by atoms with E-state index in [0.29, 0.717) is 19.4 Å². The number of aliphatic hydroxyl groups is 1. The van der Waals surface area contributed by atoms with Gasteiger partial charge in [-0.15, -0.1) is 0 Å². The zero-order valence-corrected chi connectivity index (χ0v) is 8.52. The molecule has 0 heterocycles. The van der Waals surface area contributed by atoms with E-state index in [0.717, 1.165) is 6.42 Å². The summed E-state index contributed by atoms with van der Waals surface area (Å²) >= 11 is 0. The maximum absolute atomic E-state index is 11.1. The molecule has 0 unspecified atom stereocenters. The van der Waals surface area contributed by atoms with E-state index in [2.05, 4.69) is 9.44 Å². The Bertz CT molecular complexity index is 259. The summed E-state index contributed by atoms with van der Waals surface area (Å²) in [6, 6.07) is 0. The summed E-state index contributed by atoms with van der Waals surface area (Å²) in [5, 5.41) is 9.59. The Morgan fingerprint density at radius 2 is 2.00 bits per heavy atom. The lowest BCUT2D eigenvalue weighted by Gasteiger charge is -2.36. The number of rotatable bonds is 5. The molecule has 0 atom stereocenters. The maximum Gasteiger partial charge on any atom is 0.276 e. The molecule has 0 aromatic carbocycles. The highest BCUT2D eigenvalue weighted by Gasteiger charge is 2.35. The van der Waals surface area contributed by atoms with Gasteiger partial charge in [0.25, 0.3) is 10.2 Å². The van der Waals surface area contributed by atoms with E-state index >= 15 is 0 Å². The van der Waals surface area contributed by atoms with Gasteiger partial charge in [0.1, 0.15) is 0 Å². The van der Waals surface area contributed by atoms with E-state index in [-0.39, 0.29) is 6.54 Å². The third kappa shape index (κ3) is 3.22. The Hall–Kier alpha value is -0.170. The molecule has 13 heavy (non-hydrogen) atoms. The normalized spacial score (nSPS) is 21.1. The second kappa shape index (κ2) is 3.91. The van der Waals surface area contributed by atoms with Crippen LogP contribution in [-0.2, 0) is 10.2 Å². The quantitative estimate of drug-likeness (QED) is 0.561. The summed E-state index contributed by atoms with van der Waals surface area (Å²) in [6.07, 6.45) is 2.34. The molecule has 3 N–H and O–H groups in total. The van der Waals surface area contributed by atoms with Crippen LogP contribution in [-0.4, -0.2) is 32.2 Å². The van der Waals surface area contributed by atoms with Gasteiger partial charge in [-0.1, -0.05) is 6.92 Å². The van der Waals surface area contributed by atoms with Gasteiger partial charge in [0.05, 0.1) is 5.60 Å². The largest absolute Gasteiger partial charge is 0.389 e. The maximum atomic E-state index is 11.1. The van der Waals surface area contributed by atoms with Gasteiger partial charge >= 0.3 is 0 Å². The first kappa shape index (κ1) is 10.9. The summed E-state index contributed by atoms with van der Waals surface area (Å²) in [7, 11) is -3.40. The summed E-state index contributed by atoms with van der Waals surface area (Å²) in [5.41, 5.74) is -0.803. The van der Waals surface area contributed by atoms with Gasteiger partial charge in [-0.3, -0.25) is 0 Å². The van der Waals surface area contributed by atoms with Crippen molar-refractivity contribution in [2.45, 2.75) is 31.8 Å². The number of hydrogen-bond donors (Lipinski definition) is 3. The first-order chi connectivity index (χ1) is 5.97. The Morgan fingerprint density at radius 3 is 2.38 bits per heavy atom. The molecule has 0 amide bonds. The minimum absolute atomic E-state index is 0.113. The van der Waals surface area contributed by atoms with E-state index < -0.39 is 15.8 Å². The average Bonchev–Trinajstić information content (AvgIpc) is 1.97. The van der Waals surface area contributed by atoms with Gasteiger partial charge in [-0.05, 0) is 19.3 Å². The smallest absolute Gasteiger partial charge is 0.276 e. The lowest BCUT2D eigenvalue weighted by atomic mass is 9.81. The van der Waals surface area contributed by atoms with Crippen LogP contribution in [0.1, 0.15) is 26.2 Å². The molecule has 0 aliphatic heterocycles. The van der Waals surface area contributed by atoms with Gasteiger partial charge in [0.2, 0.25) is 0 Å². The summed E-state index contributed by atoms with van der Waals surface area (Å²) in [5.74, 6) is 0. The SMILES string of the molecule is CCNS(=O)(=O)NCC1(O)CCC1. The standard InChI is InChI=1S/C7H16N2O3S/c1-2-8-13(11,12)9-6-7(10)4-3-5-7/h8-10H,2-6H2,1H3. The van der Waals surface area contributed by atoms with Gasteiger partial charge in [-0.2, -0.15) is 13.1 Å². The van der Waals surface area contributed by atoms with Crippen molar-refractivity contribution in [1.29, 1.82) is 0 Å². The molecule has 5 nitrogen and oxygen atoms in total. The molecule has 0 spiro atoms. The zero-order chi connectivity index (χ0) is 9.95. The second-order valence-corrected chi connectivity index (χ2v) is 4.98. The molecule has 1 fully saturated rings. The lowest BCUT2D eigenvalue weighted by molar-refractivity contribution is -0.0271. The van der Waals surface area contributed by atoms with E-state index in [4.69, 9.17) is 0 Å². The average molecular weight is 208 g/mol. The van der Waals surface area contributed by atoms with Crippen LogP contribution in [0.5, 0.6) is 0 Å². The Labute approximate surface area is 78.7 Å². The first-order valence-corrected chi connectivity index (χ1v) is 5.92. The molecule has 6 heteroatoms. The van der Waals surface area contributed by atoms with Gasteiger partial charge in [0, 0.05) is 13.1 Å². The molecule has 1 rings (SSSR count). The third-order valence-electron chi connectivity index (χ3n) is 2.21. The fourth-order valence-corrected chi connectivity index (χ4v) is 2.17. The van der Waals surface area contributed by atoms with Crippen LogP contribution in [0.4, 0.5) is 0 Å². The minimum Gasteiger partial charge on any atom is -0.389 e. The van der Waals surface area contributed by atoms with Crippen molar-refractivity contribution in [2.75, 3.05) is 13.1 Å². The van der Waals surface area contributed by atoms with Crippen LogP contribution in [0.3, 0.4) is 0 Å².